The Kier molecular flexibility index (Phi) is 3.91. The topological polar surface area (TPSA) is 76.4 Å². The Morgan fingerprint density at radius 1 is 1.38 bits per heavy atom. The molecule has 5 heteroatoms. The average Bonchev–Trinajstić information content (AvgIpc) is 2.70. The number of nitrogens with one attached hydrogen (secondary N) is 1. The number of carbonyl (C=O) groups is 1. The van der Waals surface area contributed by atoms with Gasteiger partial charge in [-0.3, -0.25) is 9.69 Å². The Bertz CT molecular complexity index is 567. The van der Waals surface area contributed by atoms with Gasteiger partial charge in [-0.25, -0.2) is 0 Å². The number of anilines is 1. The first-order chi connectivity index (χ1) is 10.2. The van der Waals surface area contributed by atoms with Crippen molar-refractivity contribution >= 4 is 11.6 Å². The average molecular weight is 285 g/mol. The molecule has 2 N–H and O–H groups in total. The van der Waals surface area contributed by atoms with Crippen molar-refractivity contribution in [3.8, 4) is 6.07 Å². The van der Waals surface area contributed by atoms with Gasteiger partial charge in [0.15, 0.2) is 0 Å². The molecule has 0 radical (unpaired) electrons. The van der Waals surface area contributed by atoms with Crippen LogP contribution in [0.2, 0.25) is 0 Å². The Morgan fingerprint density at radius 3 is 2.76 bits per heavy atom. The van der Waals surface area contributed by atoms with E-state index in [0.717, 1.165) is 25.7 Å². The number of rotatable bonds is 3. The molecule has 2 bridgehead atoms. The zero-order chi connectivity index (χ0) is 14.8. The van der Waals surface area contributed by atoms with Crippen LogP contribution >= 0.6 is 0 Å². The molecule has 2 unspecified atom stereocenters. The minimum atomic E-state index is -0.214. The molecule has 0 aliphatic carbocycles. The Hall–Kier alpha value is -1.90. The third-order valence-electron chi connectivity index (χ3n) is 4.46. The molecule has 21 heavy (non-hydrogen) atoms. The Morgan fingerprint density at radius 2 is 2.10 bits per heavy atom. The summed E-state index contributed by atoms with van der Waals surface area (Å²) in [5.41, 5.74) is 1.19. The number of fused-ring (bicyclic) bond motifs is 2. The van der Waals surface area contributed by atoms with Gasteiger partial charge in [-0.05, 0) is 43.9 Å². The Labute approximate surface area is 124 Å². The van der Waals surface area contributed by atoms with Gasteiger partial charge < -0.3 is 10.4 Å². The highest BCUT2D eigenvalue weighted by atomic mass is 16.3. The first kappa shape index (κ1) is 14.1. The van der Waals surface area contributed by atoms with Crippen molar-refractivity contribution in [2.75, 3.05) is 11.9 Å². The second kappa shape index (κ2) is 5.84. The van der Waals surface area contributed by atoms with Crippen LogP contribution in [0.4, 0.5) is 5.69 Å². The van der Waals surface area contributed by atoms with E-state index >= 15 is 0 Å². The van der Waals surface area contributed by atoms with E-state index in [1.54, 1.807) is 24.3 Å². The van der Waals surface area contributed by atoms with E-state index < -0.39 is 0 Å². The first-order valence-electron chi connectivity index (χ1n) is 7.39. The molecule has 2 aliphatic heterocycles. The normalized spacial score (nSPS) is 28.1. The third kappa shape index (κ3) is 3.07. The van der Waals surface area contributed by atoms with Crippen LogP contribution in [0, 0.1) is 11.3 Å². The number of carbonyl (C=O) groups excluding carboxylic acids is 1. The molecule has 1 amide bonds. The molecule has 5 nitrogen and oxygen atoms in total. The second-order valence-corrected chi connectivity index (χ2v) is 5.92. The summed E-state index contributed by atoms with van der Waals surface area (Å²) in [5, 5.41) is 21.5. The molecular weight excluding hydrogens is 266 g/mol. The van der Waals surface area contributed by atoms with Gasteiger partial charge in [0.1, 0.15) is 0 Å². The van der Waals surface area contributed by atoms with Gasteiger partial charge in [0.25, 0.3) is 0 Å². The standard InChI is InChI=1S/C16H19N3O2/c17-9-11-2-1-3-12(6-11)18-16(21)10-19-13-4-5-14(19)8-15(20)7-13/h1-3,6,13-15,20H,4-5,7-8,10H2,(H,18,21). The summed E-state index contributed by atoms with van der Waals surface area (Å²) in [4.78, 5) is 14.4. The summed E-state index contributed by atoms with van der Waals surface area (Å²) in [7, 11) is 0. The zero-order valence-corrected chi connectivity index (χ0v) is 11.8. The van der Waals surface area contributed by atoms with E-state index in [2.05, 4.69) is 16.3 Å². The van der Waals surface area contributed by atoms with Crippen molar-refractivity contribution in [3.05, 3.63) is 29.8 Å². The lowest BCUT2D eigenvalue weighted by atomic mass is 10.00. The lowest BCUT2D eigenvalue weighted by molar-refractivity contribution is -0.119. The van der Waals surface area contributed by atoms with E-state index in [-0.39, 0.29) is 12.0 Å². The van der Waals surface area contributed by atoms with Gasteiger partial charge >= 0.3 is 0 Å². The van der Waals surface area contributed by atoms with Crippen LogP contribution in [0.5, 0.6) is 0 Å². The van der Waals surface area contributed by atoms with Crippen molar-refractivity contribution in [1.82, 2.24) is 4.90 Å². The molecule has 3 rings (SSSR count). The maximum Gasteiger partial charge on any atom is 0.238 e. The number of hydrogen-bond acceptors (Lipinski definition) is 4. The fourth-order valence-corrected chi connectivity index (χ4v) is 3.54. The second-order valence-electron chi connectivity index (χ2n) is 5.92. The summed E-state index contributed by atoms with van der Waals surface area (Å²) < 4.78 is 0. The molecule has 2 aliphatic rings. The summed E-state index contributed by atoms with van der Waals surface area (Å²) in [5.74, 6) is -0.0571. The molecule has 1 aromatic carbocycles. The molecule has 0 aromatic heterocycles. The fraction of sp³-hybridized carbons (Fsp3) is 0.500. The molecule has 110 valence electrons. The van der Waals surface area contributed by atoms with Crippen LogP contribution in [-0.2, 0) is 4.79 Å². The molecule has 0 spiro atoms. The highest BCUT2D eigenvalue weighted by Crippen LogP contribution is 2.35. The molecular formula is C16H19N3O2. The molecule has 0 saturated carbocycles. The Balaban J connectivity index is 1.61. The molecule has 2 fully saturated rings. The quantitative estimate of drug-likeness (QED) is 0.882. The van der Waals surface area contributed by atoms with Gasteiger partial charge in [-0.1, -0.05) is 6.07 Å². The monoisotopic (exact) mass is 285 g/mol. The highest BCUT2D eigenvalue weighted by Gasteiger charge is 2.40. The van der Waals surface area contributed by atoms with Gasteiger partial charge in [-0.15, -0.1) is 0 Å². The van der Waals surface area contributed by atoms with Crippen LogP contribution in [0.25, 0.3) is 0 Å². The number of piperidine rings is 1. The highest BCUT2D eigenvalue weighted by molar-refractivity contribution is 5.92. The summed E-state index contributed by atoms with van der Waals surface area (Å²) in [6.45, 7) is 0.360. The van der Waals surface area contributed by atoms with Gasteiger partial charge in [0.2, 0.25) is 5.91 Å². The smallest absolute Gasteiger partial charge is 0.238 e. The summed E-state index contributed by atoms with van der Waals surface area (Å²) in [6.07, 6.45) is 3.47. The van der Waals surface area contributed by atoms with E-state index in [4.69, 9.17) is 5.26 Å². The van der Waals surface area contributed by atoms with Crippen LogP contribution in [0.3, 0.4) is 0 Å². The predicted octanol–water partition coefficient (Wildman–Crippen LogP) is 1.48. The molecule has 1 aromatic rings. The number of benzene rings is 1. The third-order valence-corrected chi connectivity index (χ3v) is 4.46. The number of aliphatic hydroxyl groups is 1. The number of aliphatic hydroxyl groups excluding tert-OH is 1. The van der Waals surface area contributed by atoms with Crippen molar-refractivity contribution in [1.29, 1.82) is 5.26 Å². The summed E-state index contributed by atoms with van der Waals surface area (Å²) >= 11 is 0. The van der Waals surface area contributed by atoms with Crippen LogP contribution in [0.15, 0.2) is 24.3 Å². The predicted molar refractivity (Wildman–Crippen MR) is 78.5 cm³/mol. The number of amides is 1. The molecule has 2 atom stereocenters. The van der Waals surface area contributed by atoms with Gasteiger partial charge in [0, 0.05) is 17.8 Å². The SMILES string of the molecule is N#Cc1cccc(NC(=O)CN2C3CCC2CC(O)C3)c1. The van der Waals surface area contributed by atoms with Crippen LogP contribution < -0.4 is 5.32 Å². The minimum absolute atomic E-state index is 0.0571. The lowest BCUT2D eigenvalue weighted by Gasteiger charge is -2.36. The zero-order valence-electron chi connectivity index (χ0n) is 11.8. The van der Waals surface area contributed by atoms with Crippen molar-refractivity contribution in [3.63, 3.8) is 0 Å². The van der Waals surface area contributed by atoms with E-state index in [1.165, 1.54) is 0 Å². The number of nitriles is 1. The van der Waals surface area contributed by atoms with Gasteiger partial charge in [-0.2, -0.15) is 5.26 Å². The molecule has 2 heterocycles. The maximum atomic E-state index is 12.2. The van der Waals surface area contributed by atoms with E-state index in [0.29, 0.717) is 29.9 Å². The summed E-state index contributed by atoms with van der Waals surface area (Å²) in [6, 6.07) is 9.65. The maximum absolute atomic E-state index is 12.2. The van der Waals surface area contributed by atoms with Crippen molar-refractivity contribution < 1.29 is 9.90 Å². The van der Waals surface area contributed by atoms with Crippen LogP contribution in [-0.4, -0.2) is 40.6 Å². The lowest BCUT2D eigenvalue weighted by Crippen LogP contribution is -2.47. The van der Waals surface area contributed by atoms with Crippen LogP contribution in [0.1, 0.15) is 31.2 Å². The largest absolute Gasteiger partial charge is 0.393 e. The van der Waals surface area contributed by atoms with Crippen molar-refractivity contribution in [2.24, 2.45) is 0 Å². The number of hydrogen-bond donors (Lipinski definition) is 2. The van der Waals surface area contributed by atoms with E-state index in [1.807, 2.05) is 0 Å². The fourth-order valence-electron chi connectivity index (χ4n) is 3.54. The minimum Gasteiger partial charge on any atom is -0.393 e. The van der Waals surface area contributed by atoms with E-state index in [9.17, 15) is 9.90 Å². The molecule has 2 saturated heterocycles. The van der Waals surface area contributed by atoms with Gasteiger partial charge in [0.05, 0.1) is 24.3 Å². The number of nitrogens with zero attached hydrogens (tertiary/aromatic N) is 2. The van der Waals surface area contributed by atoms with Crippen molar-refractivity contribution in [2.45, 2.75) is 43.9 Å². The first-order valence-corrected chi connectivity index (χ1v) is 7.39.